The van der Waals surface area contributed by atoms with Crippen molar-refractivity contribution in [2.24, 2.45) is 0 Å². The van der Waals surface area contributed by atoms with Crippen molar-refractivity contribution in [3.05, 3.63) is 47.9 Å². The van der Waals surface area contributed by atoms with Gasteiger partial charge in [-0.2, -0.15) is 0 Å². The molecule has 0 unspecified atom stereocenters. The van der Waals surface area contributed by atoms with Gasteiger partial charge < -0.3 is 15.4 Å². The van der Waals surface area contributed by atoms with E-state index in [9.17, 15) is 9.59 Å². The number of anilines is 2. The zero-order valence-corrected chi connectivity index (χ0v) is 13.3. The van der Waals surface area contributed by atoms with Gasteiger partial charge in [0.15, 0.2) is 0 Å². The molecule has 0 bridgehead atoms. The van der Waals surface area contributed by atoms with Gasteiger partial charge in [0, 0.05) is 6.04 Å². The van der Waals surface area contributed by atoms with Crippen molar-refractivity contribution >= 4 is 23.4 Å². The molecule has 7 nitrogen and oxygen atoms in total. The van der Waals surface area contributed by atoms with E-state index in [-0.39, 0.29) is 17.6 Å². The minimum atomic E-state index is -0.408. The van der Waals surface area contributed by atoms with Gasteiger partial charge in [-0.3, -0.25) is 4.79 Å². The molecule has 1 aromatic carbocycles. The molecule has 0 saturated heterocycles. The number of hydrogen-bond acceptors (Lipinski definition) is 6. The van der Waals surface area contributed by atoms with Gasteiger partial charge in [0.25, 0.3) is 5.91 Å². The molecule has 1 aliphatic carbocycles. The molecule has 1 aromatic heterocycles. The van der Waals surface area contributed by atoms with Crippen molar-refractivity contribution < 1.29 is 14.3 Å². The number of nitrogens with one attached hydrogen (secondary N) is 2. The molecule has 0 atom stereocenters. The molecule has 24 heavy (non-hydrogen) atoms. The monoisotopic (exact) mass is 326 g/mol. The maximum absolute atomic E-state index is 12.0. The zero-order valence-electron chi connectivity index (χ0n) is 13.3. The molecule has 1 saturated carbocycles. The number of ether oxygens (including phenoxy) is 1. The second kappa shape index (κ2) is 7.08. The Balaban J connectivity index is 1.72. The first-order valence-electron chi connectivity index (χ1n) is 7.83. The van der Waals surface area contributed by atoms with E-state index in [0.717, 1.165) is 12.8 Å². The van der Waals surface area contributed by atoms with Gasteiger partial charge in [-0.05, 0) is 31.9 Å². The Morgan fingerprint density at radius 2 is 2.00 bits per heavy atom. The molecule has 124 valence electrons. The fourth-order valence-electron chi connectivity index (χ4n) is 2.11. The van der Waals surface area contributed by atoms with Crippen molar-refractivity contribution in [2.75, 3.05) is 11.9 Å². The quantitative estimate of drug-likeness (QED) is 0.791. The number of aromatic nitrogens is 2. The van der Waals surface area contributed by atoms with E-state index in [2.05, 4.69) is 20.6 Å². The minimum absolute atomic E-state index is 0.219. The summed E-state index contributed by atoms with van der Waals surface area (Å²) in [4.78, 5) is 32.1. The first-order chi connectivity index (χ1) is 11.7. The smallest absolute Gasteiger partial charge is 0.340 e. The molecular formula is C17H18N4O3. The van der Waals surface area contributed by atoms with Crippen LogP contribution in [-0.4, -0.2) is 34.5 Å². The van der Waals surface area contributed by atoms with E-state index in [0.29, 0.717) is 23.7 Å². The fraction of sp³-hybridized carbons (Fsp3) is 0.294. The number of amides is 1. The van der Waals surface area contributed by atoms with Crippen molar-refractivity contribution in [1.82, 2.24) is 15.3 Å². The van der Waals surface area contributed by atoms with Gasteiger partial charge in [-0.1, -0.05) is 12.1 Å². The molecule has 2 aromatic rings. The third-order valence-corrected chi connectivity index (χ3v) is 3.48. The van der Waals surface area contributed by atoms with Crippen LogP contribution in [0.4, 0.5) is 11.5 Å². The Hall–Kier alpha value is -2.96. The van der Waals surface area contributed by atoms with E-state index < -0.39 is 5.97 Å². The zero-order chi connectivity index (χ0) is 16.9. The molecule has 1 amide bonds. The van der Waals surface area contributed by atoms with Gasteiger partial charge in [0.1, 0.15) is 11.5 Å². The van der Waals surface area contributed by atoms with E-state index in [4.69, 9.17) is 4.74 Å². The topological polar surface area (TPSA) is 93.2 Å². The number of benzene rings is 1. The fourth-order valence-corrected chi connectivity index (χ4v) is 2.11. The highest BCUT2D eigenvalue weighted by molar-refractivity contribution is 5.96. The summed E-state index contributed by atoms with van der Waals surface area (Å²) in [7, 11) is 0. The lowest BCUT2D eigenvalue weighted by Crippen LogP contribution is -2.26. The highest BCUT2D eigenvalue weighted by Crippen LogP contribution is 2.21. The number of rotatable bonds is 6. The first kappa shape index (κ1) is 15.9. The van der Waals surface area contributed by atoms with Gasteiger partial charge >= 0.3 is 5.97 Å². The molecule has 1 heterocycles. The number of carbonyl (C=O) groups is 2. The third kappa shape index (κ3) is 3.87. The van der Waals surface area contributed by atoms with Crippen molar-refractivity contribution in [3.63, 3.8) is 0 Å². The Bertz CT molecular complexity index is 742. The molecule has 7 heteroatoms. The Labute approximate surface area is 139 Å². The van der Waals surface area contributed by atoms with Crippen LogP contribution in [-0.2, 0) is 4.74 Å². The molecule has 0 radical (unpaired) electrons. The maximum Gasteiger partial charge on any atom is 0.340 e. The molecule has 1 fully saturated rings. The van der Waals surface area contributed by atoms with Gasteiger partial charge in [0.2, 0.25) is 0 Å². The third-order valence-electron chi connectivity index (χ3n) is 3.48. The maximum atomic E-state index is 12.0. The van der Waals surface area contributed by atoms with Crippen LogP contribution >= 0.6 is 0 Å². The van der Waals surface area contributed by atoms with Crippen LogP contribution in [0.15, 0.2) is 36.7 Å². The number of para-hydroxylation sites is 1. The second-order valence-electron chi connectivity index (χ2n) is 5.43. The lowest BCUT2D eigenvalue weighted by Gasteiger charge is -2.10. The largest absolute Gasteiger partial charge is 0.462 e. The van der Waals surface area contributed by atoms with E-state index in [1.165, 1.54) is 12.4 Å². The van der Waals surface area contributed by atoms with Gasteiger partial charge in [-0.25, -0.2) is 14.8 Å². The SMILES string of the molecule is CCOC(=O)c1ccccc1Nc1cnc(C(=O)NC2CC2)cn1. The number of esters is 1. The Kier molecular flexibility index (Phi) is 4.69. The van der Waals surface area contributed by atoms with E-state index in [1.54, 1.807) is 31.2 Å². The summed E-state index contributed by atoms with van der Waals surface area (Å²) in [6.07, 6.45) is 4.91. The number of hydrogen-bond donors (Lipinski definition) is 2. The molecule has 0 aliphatic heterocycles. The predicted octanol–water partition coefficient (Wildman–Crippen LogP) is 2.29. The number of carbonyl (C=O) groups excluding carboxylic acids is 2. The molecule has 1 aliphatic rings. The lowest BCUT2D eigenvalue weighted by molar-refractivity contribution is 0.0527. The minimum Gasteiger partial charge on any atom is -0.462 e. The van der Waals surface area contributed by atoms with Crippen LogP contribution in [0.2, 0.25) is 0 Å². The molecular weight excluding hydrogens is 308 g/mol. The summed E-state index contributed by atoms with van der Waals surface area (Å²) >= 11 is 0. The summed E-state index contributed by atoms with van der Waals surface area (Å²) in [6.45, 7) is 2.06. The lowest BCUT2D eigenvalue weighted by atomic mass is 10.2. The van der Waals surface area contributed by atoms with Crippen LogP contribution in [0.5, 0.6) is 0 Å². The normalized spacial score (nSPS) is 13.2. The van der Waals surface area contributed by atoms with Gasteiger partial charge in [-0.15, -0.1) is 0 Å². The predicted molar refractivity (Wildman–Crippen MR) is 88.2 cm³/mol. The van der Waals surface area contributed by atoms with Crippen LogP contribution in [0.3, 0.4) is 0 Å². The Morgan fingerprint density at radius 3 is 2.67 bits per heavy atom. The van der Waals surface area contributed by atoms with Crippen molar-refractivity contribution in [2.45, 2.75) is 25.8 Å². The second-order valence-corrected chi connectivity index (χ2v) is 5.43. The van der Waals surface area contributed by atoms with Crippen LogP contribution in [0, 0.1) is 0 Å². The summed E-state index contributed by atoms with van der Waals surface area (Å²) < 4.78 is 5.03. The van der Waals surface area contributed by atoms with Gasteiger partial charge in [0.05, 0.1) is 30.3 Å². The molecule has 2 N–H and O–H groups in total. The van der Waals surface area contributed by atoms with Crippen LogP contribution < -0.4 is 10.6 Å². The summed E-state index contributed by atoms with van der Waals surface area (Å²) in [6, 6.07) is 7.26. The van der Waals surface area contributed by atoms with Crippen molar-refractivity contribution in [1.29, 1.82) is 0 Å². The van der Waals surface area contributed by atoms with Crippen LogP contribution in [0.1, 0.15) is 40.6 Å². The summed E-state index contributed by atoms with van der Waals surface area (Å²) in [5.41, 5.74) is 1.25. The molecule has 3 rings (SSSR count). The van der Waals surface area contributed by atoms with E-state index in [1.807, 2.05) is 0 Å². The summed E-state index contributed by atoms with van der Waals surface area (Å²) in [5.74, 6) is -0.188. The highest BCUT2D eigenvalue weighted by Gasteiger charge is 2.24. The first-order valence-corrected chi connectivity index (χ1v) is 7.83. The van der Waals surface area contributed by atoms with Crippen LogP contribution in [0.25, 0.3) is 0 Å². The summed E-state index contributed by atoms with van der Waals surface area (Å²) in [5, 5.41) is 5.88. The standard InChI is InChI=1S/C17H18N4O3/c1-2-24-17(23)12-5-3-4-6-13(12)21-15-10-18-14(9-19-15)16(22)20-11-7-8-11/h3-6,9-11H,2,7-8H2,1H3,(H,19,21)(H,20,22). The van der Waals surface area contributed by atoms with Crippen molar-refractivity contribution in [3.8, 4) is 0 Å². The highest BCUT2D eigenvalue weighted by atomic mass is 16.5. The molecule has 0 spiro atoms. The number of nitrogens with zero attached hydrogens (tertiary/aromatic N) is 2. The Morgan fingerprint density at radius 1 is 1.21 bits per heavy atom. The average molecular weight is 326 g/mol. The van der Waals surface area contributed by atoms with E-state index >= 15 is 0 Å². The average Bonchev–Trinajstić information content (AvgIpc) is 3.40.